The van der Waals surface area contributed by atoms with Crippen molar-refractivity contribution in [3.8, 4) is 0 Å². The summed E-state index contributed by atoms with van der Waals surface area (Å²) in [5.41, 5.74) is 0. The number of ketones is 2. The van der Waals surface area contributed by atoms with Crippen molar-refractivity contribution >= 4 is 11.6 Å². The molecule has 0 radical (unpaired) electrons. The number of carbonyl (C=O) groups is 2. The number of hydroxylamine groups is 2. The quantitative estimate of drug-likeness (QED) is 0.637. The first kappa shape index (κ1) is 11.4. The number of hydrogen-bond acceptors (Lipinski definition) is 4. The zero-order valence-corrected chi connectivity index (χ0v) is 9.93. The van der Waals surface area contributed by atoms with Crippen LogP contribution in [0.4, 0.5) is 0 Å². The van der Waals surface area contributed by atoms with Gasteiger partial charge < -0.3 is 10.3 Å². The van der Waals surface area contributed by atoms with E-state index in [0.717, 1.165) is 30.7 Å². The molecule has 2 saturated carbocycles. The van der Waals surface area contributed by atoms with Gasteiger partial charge in [-0.2, -0.15) is 0 Å². The highest BCUT2D eigenvalue weighted by Crippen LogP contribution is 2.43. The van der Waals surface area contributed by atoms with Gasteiger partial charge in [-0.1, -0.05) is 12.8 Å². The van der Waals surface area contributed by atoms with E-state index in [1.807, 2.05) is 0 Å². The van der Waals surface area contributed by atoms with Gasteiger partial charge >= 0.3 is 0 Å². The number of hydrogen-bond donors (Lipinski definition) is 0. The Morgan fingerprint density at radius 1 is 0.882 bits per heavy atom. The third-order valence-corrected chi connectivity index (χ3v) is 4.80. The standard InChI is InChI=1S/C13H18NO3/c15-12-8-3-1-2-4-9(8)13(16)11-7-14(17)6-5-10(11)12/h8-11H,1-7H2/q-1. The maximum atomic E-state index is 12.4. The van der Waals surface area contributed by atoms with Gasteiger partial charge in [-0.05, 0) is 32.4 Å². The molecule has 2 aliphatic carbocycles. The molecule has 3 rings (SSSR count). The molecule has 0 bridgehead atoms. The number of fused-ring (bicyclic) bond motifs is 2. The van der Waals surface area contributed by atoms with Crippen molar-refractivity contribution in [1.29, 1.82) is 0 Å². The third kappa shape index (κ3) is 1.74. The second-order valence-electron chi connectivity index (χ2n) is 5.69. The van der Waals surface area contributed by atoms with E-state index in [4.69, 9.17) is 0 Å². The van der Waals surface area contributed by atoms with Crippen LogP contribution in [0, 0.1) is 28.9 Å². The molecule has 0 amide bonds. The Labute approximate surface area is 101 Å². The number of rotatable bonds is 0. The predicted molar refractivity (Wildman–Crippen MR) is 62.0 cm³/mol. The first-order valence-electron chi connectivity index (χ1n) is 6.68. The molecule has 3 fully saturated rings. The van der Waals surface area contributed by atoms with Gasteiger partial charge in [-0.25, -0.2) is 0 Å². The molecular weight excluding hydrogens is 218 g/mol. The summed E-state index contributed by atoms with van der Waals surface area (Å²) in [4.78, 5) is 24.7. The number of Topliss-reactive ketones (excluding diaryl/α,β-unsaturated/α-hetero) is 2. The van der Waals surface area contributed by atoms with Gasteiger partial charge in [-0.3, -0.25) is 9.59 Å². The summed E-state index contributed by atoms with van der Waals surface area (Å²) in [6.45, 7) is 0.663. The molecule has 1 aliphatic heterocycles. The van der Waals surface area contributed by atoms with Crippen molar-refractivity contribution in [3.05, 3.63) is 5.21 Å². The van der Waals surface area contributed by atoms with Gasteiger partial charge in [0.25, 0.3) is 0 Å². The van der Waals surface area contributed by atoms with Crippen LogP contribution < -0.4 is 0 Å². The van der Waals surface area contributed by atoms with E-state index in [1.54, 1.807) is 0 Å². The number of nitrogens with zero attached hydrogens (tertiary/aromatic N) is 1. The fraction of sp³-hybridized carbons (Fsp3) is 0.846. The lowest BCUT2D eigenvalue weighted by atomic mass is 9.60. The van der Waals surface area contributed by atoms with Gasteiger partial charge in [0.2, 0.25) is 0 Å². The van der Waals surface area contributed by atoms with Gasteiger partial charge in [-0.15, -0.1) is 0 Å². The molecule has 0 aromatic rings. The summed E-state index contributed by atoms with van der Waals surface area (Å²) in [6.07, 6.45) is 4.46. The van der Waals surface area contributed by atoms with E-state index in [-0.39, 0.29) is 41.8 Å². The summed E-state index contributed by atoms with van der Waals surface area (Å²) >= 11 is 0. The van der Waals surface area contributed by atoms with Crippen LogP contribution in [0.1, 0.15) is 32.1 Å². The molecule has 4 atom stereocenters. The van der Waals surface area contributed by atoms with Gasteiger partial charge in [0.15, 0.2) is 0 Å². The summed E-state index contributed by atoms with van der Waals surface area (Å²) in [7, 11) is 0. The zero-order chi connectivity index (χ0) is 12.0. The van der Waals surface area contributed by atoms with Crippen molar-refractivity contribution < 1.29 is 9.59 Å². The van der Waals surface area contributed by atoms with Crippen LogP contribution in [-0.2, 0) is 9.59 Å². The Kier molecular flexibility index (Phi) is 2.79. The van der Waals surface area contributed by atoms with Gasteiger partial charge in [0.1, 0.15) is 11.6 Å². The Bertz CT molecular complexity index is 355. The van der Waals surface area contributed by atoms with Crippen molar-refractivity contribution in [1.82, 2.24) is 5.06 Å². The minimum absolute atomic E-state index is 0.0179. The Balaban J connectivity index is 1.88. The molecule has 0 spiro atoms. The third-order valence-electron chi connectivity index (χ3n) is 4.80. The maximum absolute atomic E-state index is 12.4. The molecule has 94 valence electrons. The van der Waals surface area contributed by atoms with Crippen LogP contribution >= 0.6 is 0 Å². The van der Waals surface area contributed by atoms with Crippen LogP contribution in [-0.4, -0.2) is 29.7 Å². The van der Waals surface area contributed by atoms with E-state index >= 15 is 0 Å². The summed E-state index contributed by atoms with van der Waals surface area (Å²) in [6, 6.07) is 0. The molecule has 0 aromatic carbocycles. The molecule has 4 nitrogen and oxygen atoms in total. The SMILES string of the molecule is O=C1C2CCCCC2C(=O)C2CN([O-])CCC12. The number of piperidine rings is 1. The van der Waals surface area contributed by atoms with E-state index < -0.39 is 0 Å². The van der Waals surface area contributed by atoms with Gasteiger partial charge in [0.05, 0.1) is 0 Å². The van der Waals surface area contributed by atoms with Crippen LogP contribution in [0.2, 0.25) is 0 Å². The van der Waals surface area contributed by atoms with Crippen LogP contribution in [0.3, 0.4) is 0 Å². The normalized spacial score (nSPS) is 43.1. The molecule has 0 N–H and O–H groups in total. The highest BCUT2D eigenvalue weighted by atomic mass is 16.5. The summed E-state index contributed by atoms with van der Waals surface area (Å²) in [5.74, 6) is -0.0351. The topological polar surface area (TPSA) is 60.4 Å². The smallest absolute Gasteiger partial charge is 0.141 e. The molecule has 1 heterocycles. The molecule has 17 heavy (non-hydrogen) atoms. The maximum Gasteiger partial charge on any atom is 0.141 e. The van der Waals surface area contributed by atoms with Gasteiger partial charge in [0, 0.05) is 23.7 Å². The largest absolute Gasteiger partial charge is 0.785 e. The van der Waals surface area contributed by atoms with Crippen molar-refractivity contribution in [2.24, 2.45) is 23.7 Å². The minimum atomic E-state index is -0.298. The Morgan fingerprint density at radius 2 is 1.41 bits per heavy atom. The fourth-order valence-corrected chi connectivity index (χ4v) is 3.91. The molecule has 0 aromatic heterocycles. The van der Waals surface area contributed by atoms with Crippen LogP contribution in [0.25, 0.3) is 0 Å². The lowest BCUT2D eigenvalue weighted by Gasteiger charge is -2.48. The van der Waals surface area contributed by atoms with Crippen molar-refractivity contribution in [2.75, 3.05) is 13.1 Å². The van der Waals surface area contributed by atoms with Crippen molar-refractivity contribution in [2.45, 2.75) is 32.1 Å². The lowest BCUT2D eigenvalue weighted by Crippen LogP contribution is -2.54. The molecule has 1 saturated heterocycles. The second kappa shape index (κ2) is 4.18. The second-order valence-corrected chi connectivity index (χ2v) is 5.69. The Hall–Kier alpha value is -0.740. The molecular formula is C13H18NO3-. The lowest BCUT2D eigenvalue weighted by molar-refractivity contribution is -0.151. The zero-order valence-electron chi connectivity index (χ0n) is 9.93. The van der Waals surface area contributed by atoms with E-state index in [0.29, 0.717) is 13.0 Å². The Morgan fingerprint density at radius 3 is 2.06 bits per heavy atom. The van der Waals surface area contributed by atoms with Crippen molar-refractivity contribution in [3.63, 3.8) is 0 Å². The van der Waals surface area contributed by atoms with E-state index in [1.165, 1.54) is 0 Å². The van der Waals surface area contributed by atoms with Crippen LogP contribution in [0.15, 0.2) is 0 Å². The highest BCUT2D eigenvalue weighted by molar-refractivity contribution is 5.99. The summed E-state index contributed by atoms with van der Waals surface area (Å²) < 4.78 is 0. The summed E-state index contributed by atoms with van der Waals surface area (Å²) in [5, 5.41) is 12.3. The van der Waals surface area contributed by atoms with Crippen LogP contribution in [0.5, 0.6) is 0 Å². The van der Waals surface area contributed by atoms with E-state index in [9.17, 15) is 14.8 Å². The minimum Gasteiger partial charge on any atom is -0.785 e. The average molecular weight is 236 g/mol. The highest BCUT2D eigenvalue weighted by Gasteiger charge is 2.50. The fourth-order valence-electron chi connectivity index (χ4n) is 3.91. The molecule has 4 unspecified atom stereocenters. The average Bonchev–Trinajstić information content (AvgIpc) is 2.36. The molecule has 4 heteroatoms. The van der Waals surface area contributed by atoms with E-state index in [2.05, 4.69) is 0 Å². The molecule has 3 aliphatic rings. The first-order chi connectivity index (χ1) is 8.18. The first-order valence-corrected chi connectivity index (χ1v) is 6.68. The predicted octanol–water partition coefficient (Wildman–Crippen LogP) is 1.38. The number of carbonyl (C=O) groups excluding carboxylic acids is 2. The monoisotopic (exact) mass is 236 g/mol.